The molecule has 1 atom stereocenters. The molecule has 2 heterocycles. The fourth-order valence-corrected chi connectivity index (χ4v) is 5.23. The molecule has 27 heavy (non-hydrogen) atoms. The number of ketones is 1. The molecule has 0 aliphatic carbocycles. The lowest BCUT2D eigenvalue weighted by molar-refractivity contribution is 0.0474. The molecule has 1 aromatic carbocycles. The third-order valence-electron chi connectivity index (χ3n) is 4.77. The van der Waals surface area contributed by atoms with Gasteiger partial charge in [-0.1, -0.05) is 6.07 Å². The minimum atomic E-state index is -3.04. The van der Waals surface area contributed by atoms with Crippen molar-refractivity contribution in [2.45, 2.75) is 26.3 Å². The molecule has 0 radical (unpaired) electrons. The second-order valence-corrected chi connectivity index (χ2v) is 8.99. The van der Waals surface area contributed by atoms with Gasteiger partial charge >= 0.3 is 5.97 Å². The quantitative estimate of drug-likeness (QED) is 0.619. The normalized spacial score (nSPS) is 18.4. The highest BCUT2D eigenvalue weighted by atomic mass is 32.2. The predicted octanol–water partition coefficient (Wildman–Crippen LogP) is 2.21. The topological polar surface area (TPSA) is 103 Å². The number of esters is 1. The molecular weight excluding hydrogens is 370 g/mol. The number of rotatable bonds is 5. The molecule has 1 saturated heterocycles. The maximum Gasteiger partial charge on any atom is 0.338 e. The molecule has 8 heteroatoms. The summed E-state index contributed by atoms with van der Waals surface area (Å²) in [5, 5.41) is 9.41. The third kappa shape index (κ3) is 4.05. The third-order valence-corrected chi connectivity index (χ3v) is 6.52. The molecule has 144 valence electrons. The molecule has 3 rings (SSSR count). The van der Waals surface area contributed by atoms with Gasteiger partial charge < -0.3 is 14.4 Å². The van der Waals surface area contributed by atoms with Crippen molar-refractivity contribution in [2.75, 3.05) is 18.1 Å². The van der Waals surface area contributed by atoms with Crippen molar-refractivity contribution < 1.29 is 27.9 Å². The Morgan fingerprint density at radius 3 is 2.63 bits per heavy atom. The molecule has 2 aromatic rings. The number of phenolic OH excluding ortho intramolecular Hbond substituents is 1. The standard InChI is InChI=1S/C19H21NO6S/c1-12-8-17(13(2)20(12)15-6-7-27(24,25)11-15)18(22)10-26-19(23)14-4-3-5-16(21)9-14/h3-5,8-9,15,21H,6-7,10-11H2,1-2H3/t15-/m1/s1. The van der Waals surface area contributed by atoms with Crippen molar-refractivity contribution in [3.8, 4) is 5.75 Å². The number of sulfone groups is 1. The summed E-state index contributed by atoms with van der Waals surface area (Å²) in [7, 11) is -3.04. The summed E-state index contributed by atoms with van der Waals surface area (Å²) in [5.74, 6) is -0.896. The van der Waals surface area contributed by atoms with Crippen molar-refractivity contribution in [2.24, 2.45) is 0 Å². The Labute approximate surface area is 157 Å². The van der Waals surface area contributed by atoms with E-state index in [1.807, 2.05) is 11.5 Å². The largest absolute Gasteiger partial charge is 0.508 e. The first-order valence-electron chi connectivity index (χ1n) is 8.56. The van der Waals surface area contributed by atoms with Crippen LogP contribution in [-0.4, -0.2) is 48.0 Å². The second kappa shape index (κ2) is 7.19. The van der Waals surface area contributed by atoms with Crippen LogP contribution in [0, 0.1) is 13.8 Å². The summed E-state index contributed by atoms with van der Waals surface area (Å²) < 4.78 is 30.5. The Bertz CT molecular complexity index is 1010. The summed E-state index contributed by atoms with van der Waals surface area (Å²) in [5.41, 5.74) is 2.05. The van der Waals surface area contributed by atoms with Crippen LogP contribution in [0.3, 0.4) is 0 Å². The van der Waals surface area contributed by atoms with E-state index in [0.717, 1.165) is 5.69 Å². The van der Waals surface area contributed by atoms with Gasteiger partial charge in [0.1, 0.15) is 5.75 Å². The highest BCUT2D eigenvalue weighted by Gasteiger charge is 2.31. The summed E-state index contributed by atoms with van der Waals surface area (Å²) >= 11 is 0. The van der Waals surface area contributed by atoms with Gasteiger partial charge in [0.05, 0.1) is 17.1 Å². The Morgan fingerprint density at radius 2 is 2.00 bits per heavy atom. The first-order chi connectivity index (χ1) is 12.7. The average Bonchev–Trinajstić information content (AvgIpc) is 3.10. The zero-order valence-corrected chi connectivity index (χ0v) is 16.0. The van der Waals surface area contributed by atoms with Gasteiger partial charge in [0, 0.05) is 23.0 Å². The van der Waals surface area contributed by atoms with Crippen LogP contribution < -0.4 is 0 Å². The van der Waals surface area contributed by atoms with Crippen molar-refractivity contribution >= 4 is 21.6 Å². The van der Waals surface area contributed by atoms with Crippen LogP contribution >= 0.6 is 0 Å². The summed E-state index contributed by atoms with van der Waals surface area (Å²) in [4.78, 5) is 24.5. The number of hydrogen-bond acceptors (Lipinski definition) is 6. The molecule has 7 nitrogen and oxygen atoms in total. The Morgan fingerprint density at radius 1 is 1.26 bits per heavy atom. The lowest BCUT2D eigenvalue weighted by atomic mass is 10.1. The number of carbonyl (C=O) groups is 2. The number of Topliss-reactive ketones (excluding diaryl/α,β-unsaturated/α-hetero) is 1. The van der Waals surface area contributed by atoms with Gasteiger partial charge in [0.15, 0.2) is 16.4 Å². The van der Waals surface area contributed by atoms with E-state index in [9.17, 15) is 23.1 Å². The van der Waals surface area contributed by atoms with E-state index in [-0.39, 0.29) is 34.6 Å². The van der Waals surface area contributed by atoms with Crippen LogP contribution in [0.2, 0.25) is 0 Å². The molecule has 0 saturated carbocycles. The zero-order chi connectivity index (χ0) is 19.8. The van der Waals surface area contributed by atoms with Gasteiger partial charge in [-0.05, 0) is 44.5 Å². The van der Waals surface area contributed by atoms with Crippen LogP contribution in [0.25, 0.3) is 0 Å². The van der Waals surface area contributed by atoms with Crippen molar-refractivity contribution in [1.29, 1.82) is 0 Å². The highest BCUT2D eigenvalue weighted by molar-refractivity contribution is 7.91. The Balaban J connectivity index is 1.72. The number of aryl methyl sites for hydroxylation is 1. The Kier molecular flexibility index (Phi) is 5.10. The fourth-order valence-electron chi connectivity index (χ4n) is 3.53. The van der Waals surface area contributed by atoms with Crippen LogP contribution in [0.1, 0.15) is 44.6 Å². The van der Waals surface area contributed by atoms with Crippen molar-refractivity contribution in [3.63, 3.8) is 0 Å². The fraction of sp³-hybridized carbons (Fsp3) is 0.368. The number of benzene rings is 1. The van der Waals surface area contributed by atoms with Gasteiger partial charge in [0.2, 0.25) is 5.78 Å². The minimum Gasteiger partial charge on any atom is -0.508 e. The van der Waals surface area contributed by atoms with Crippen LogP contribution in [0.15, 0.2) is 30.3 Å². The molecule has 0 spiro atoms. The first-order valence-corrected chi connectivity index (χ1v) is 10.4. The molecule has 1 aromatic heterocycles. The molecule has 1 fully saturated rings. The minimum absolute atomic E-state index is 0.0640. The number of ether oxygens (including phenoxy) is 1. The molecule has 0 unspecified atom stereocenters. The Hall–Kier alpha value is -2.61. The van der Waals surface area contributed by atoms with Gasteiger partial charge in [-0.15, -0.1) is 0 Å². The number of aromatic hydroxyl groups is 1. The molecule has 0 bridgehead atoms. The lowest BCUT2D eigenvalue weighted by Crippen LogP contribution is -2.17. The SMILES string of the molecule is Cc1cc(C(=O)COC(=O)c2cccc(O)c2)c(C)n1[C@@H]1CCS(=O)(=O)C1. The number of carbonyl (C=O) groups excluding carboxylic acids is 2. The summed E-state index contributed by atoms with van der Waals surface area (Å²) in [6.07, 6.45) is 0.527. The first kappa shape index (κ1) is 19.2. The predicted molar refractivity (Wildman–Crippen MR) is 98.9 cm³/mol. The van der Waals surface area contributed by atoms with Gasteiger partial charge in [-0.25, -0.2) is 13.2 Å². The number of aromatic nitrogens is 1. The molecule has 1 aliphatic heterocycles. The summed E-state index contributed by atoms with van der Waals surface area (Å²) in [6.45, 7) is 3.16. The lowest BCUT2D eigenvalue weighted by Gasteiger charge is -2.16. The van der Waals surface area contributed by atoms with Gasteiger partial charge in [-0.3, -0.25) is 4.79 Å². The number of nitrogens with zero attached hydrogens (tertiary/aromatic N) is 1. The van der Waals surface area contributed by atoms with E-state index in [1.165, 1.54) is 24.3 Å². The van der Waals surface area contributed by atoms with E-state index in [4.69, 9.17) is 4.74 Å². The number of hydrogen-bond donors (Lipinski definition) is 1. The van der Waals surface area contributed by atoms with E-state index in [2.05, 4.69) is 0 Å². The number of phenols is 1. The van der Waals surface area contributed by atoms with E-state index in [0.29, 0.717) is 17.7 Å². The molecule has 1 N–H and O–H groups in total. The highest BCUT2D eigenvalue weighted by Crippen LogP contribution is 2.29. The van der Waals surface area contributed by atoms with Gasteiger partial charge in [0.25, 0.3) is 0 Å². The summed E-state index contributed by atoms with van der Waals surface area (Å²) in [6, 6.07) is 7.21. The van der Waals surface area contributed by atoms with Crippen molar-refractivity contribution in [3.05, 3.63) is 52.8 Å². The maximum atomic E-state index is 12.5. The average molecular weight is 391 g/mol. The zero-order valence-electron chi connectivity index (χ0n) is 15.1. The maximum absolute atomic E-state index is 12.5. The van der Waals surface area contributed by atoms with E-state index >= 15 is 0 Å². The van der Waals surface area contributed by atoms with Crippen molar-refractivity contribution in [1.82, 2.24) is 4.57 Å². The molecular formula is C19H21NO6S. The van der Waals surface area contributed by atoms with E-state index in [1.54, 1.807) is 13.0 Å². The van der Waals surface area contributed by atoms with E-state index < -0.39 is 22.4 Å². The van der Waals surface area contributed by atoms with Crippen LogP contribution in [0.5, 0.6) is 5.75 Å². The van der Waals surface area contributed by atoms with Gasteiger partial charge in [-0.2, -0.15) is 0 Å². The monoisotopic (exact) mass is 391 g/mol. The van der Waals surface area contributed by atoms with Crippen LogP contribution in [0.4, 0.5) is 0 Å². The second-order valence-electron chi connectivity index (χ2n) is 6.76. The molecule has 0 amide bonds. The van der Waals surface area contributed by atoms with Crippen LogP contribution in [-0.2, 0) is 14.6 Å². The smallest absolute Gasteiger partial charge is 0.338 e. The molecule has 1 aliphatic rings.